The van der Waals surface area contributed by atoms with Crippen molar-refractivity contribution >= 4 is 11.6 Å². The predicted molar refractivity (Wildman–Crippen MR) is 92.9 cm³/mol. The van der Waals surface area contributed by atoms with Gasteiger partial charge in [-0.3, -0.25) is 4.79 Å². The Balaban J connectivity index is 1.61. The first-order chi connectivity index (χ1) is 12.7. The SMILES string of the molecule is COc1ccc(NC(=O)c2ccc(COc3ccccc3C#N)o2)cn1. The summed E-state index contributed by atoms with van der Waals surface area (Å²) in [4.78, 5) is 16.2. The van der Waals surface area contributed by atoms with Crippen molar-refractivity contribution in [3.05, 3.63) is 71.8 Å². The number of carbonyl (C=O) groups is 1. The Morgan fingerprint density at radius 1 is 1.23 bits per heavy atom. The van der Waals surface area contributed by atoms with Gasteiger partial charge in [-0.15, -0.1) is 0 Å². The number of furan rings is 1. The van der Waals surface area contributed by atoms with E-state index in [0.29, 0.717) is 28.6 Å². The summed E-state index contributed by atoms with van der Waals surface area (Å²) in [5.74, 6) is 1.13. The molecule has 2 heterocycles. The first kappa shape index (κ1) is 17.0. The van der Waals surface area contributed by atoms with Crippen molar-refractivity contribution in [2.24, 2.45) is 0 Å². The number of nitriles is 1. The van der Waals surface area contributed by atoms with E-state index in [1.165, 1.54) is 13.3 Å². The van der Waals surface area contributed by atoms with Crippen LogP contribution in [0, 0.1) is 11.3 Å². The molecule has 3 aromatic rings. The number of nitrogens with zero attached hydrogens (tertiary/aromatic N) is 2. The number of pyridine rings is 1. The zero-order valence-corrected chi connectivity index (χ0v) is 13.9. The van der Waals surface area contributed by atoms with Crippen molar-refractivity contribution in [2.75, 3.05) is 12.4 Å². The fourth-order valence-corrected chi connectivity index (χ4v) is 2.18. The Bertz CT molecular complexity index is 942. The fraction of sp³-hybridized carbons (Fsp3) is 0.105. The highest BCUT2D eigenvalue weighted by Crippen LogP contribution is 2.19. The smallest absolute Gasteiger partial charge is 0.291 e. The van der Waals surface area contributed by atoms with Crippen molar-refractivity contribution in [3.8, 4) is 17.7 Å². The minimum absolute atomic E-state index is 0.107. The van der Waals surface area contributed by atoms with Crippen LogP contribution in [0.1, 0.15) is 21.9 Å². The molecule has 2 aromatic heterocycles. The molecule has 0 aliphatic rings. The number of rotatable bonds is 6. The summed E-state index contributed by atoms with van der Waals surface area (Å²) in [6.07, 6.45) is 1.49. The summed E-state index contributed by atoms with van der Waals surface area (Å²) < 4.78 is 16.0. The number of aromatic nitrogens is 1. The minimum atomic E-state index is -0.402. The van der Waals surface area contributed by atoms with Gasteiger partial charge in [0.1, 0.15) is 24.2 Å². The maximum Gasteiger partial charge on any atom is 0.291 e. The van der Waals surface area contributed by atoms with Gasteiger partial charge in [-0.1, -0.05) is 12.1 Å². The van der Waals surface area contributed by atoms with Gasteiger partial charge in [0, 0.05) is 6.07 Å². The summed E-state index contributed by atoms with van der Waals surface area (Å²) in [6, 6.07) is 15.5. The fourth-order valence-electron chi connectivity index (χ4n) is 2.18. The molecule has 0 saturated carbocycles. The van der Waals surface area contributed by atoms with E-state index in [2.05, 4.69) is 16.4 Å². The zero-order chi connectivity index (χ0) is 18.4. The van der Waals surface area contributed by atoms with E-state index in [-0.39, 0.29) is 12.4 Å². The molecule has 0 spiro atoms. The molecule has 0 aliphatic carbocycles. The standard InChI is InChI=1S/C19H15N3O4/c1-24-18-9-6-14(11-21-18)22-19(23)17-8-7-15(26-17)12-25-16-5-3-2-4-13(16)10-20/h2-9,11H,12H2,1H3,(H,22,23). The first-order valence-corrected chi connectivity index (χ1v) is 7.71. The quantitative estimate of drug-likeness (QED) is 0.732. The van der Waals surface area contributed by atoms with Gasteiger partial charge in [0.25, 0.3) is 5.91 Å². The third-order valence-electron chi connectivity index (χ3n) is 3.47. The Morgan fingerprint density at radius 3 is 2.81 bits per heavy atom. The summed E-state index contributed by atoms with van der Waals surface area (Å²) in [5.41, 5.74) is 0.956. The molecule has 0 saturated heterocycles. The molecule has 26 heavy (non-hydrogen) atoms. The summed E-state index contributed by atoms with van der Waals surface area (Å²) in [7, 11) is 1.52. The van der Waals surface area contributed by atoms with E-state index in [1.54, 1.807) is 48.5 Å². The lowest BCUT2D eigenvalue weighted by molar-refractivity contribution is 0.0992. The van der Waals surface area contributed by atoms with Crippen molar-refractivity contribution in [1.82, 2.24) is 4.98 Å². The highest BCUT2D eigenvalue weighted by atomic mass is 16.5. The van der Waals surface area contributed by atoms with E-state index < -0.39 is 5.91 Å². The predicted octanol–water partition coefficient (Wildman–Crippen LogP) is 3.39. The van der Waals surface area contributed by atoms with Gasteiger partial charge in [0.15, 0.2) is 5.76 Å². The van der Waals surface area contributed by atoms with Gasteiger partial charge in [-0.2, -0.15) is 5.26 Å². The molecule has 0 bridgehead atoms. The maximum absolute atomic E-state index is 12.2. The van der Waals surface area contributed by atoms with Crippen LogP contribution in [-0.2, 0) is 6.61 Å². The number of carbonyl (C=O) groups excluding carboxylic acids is 1. The number of hydrogen-bond donors (Lipinski definition) is 1. The lowest BCUT2D eigenvalue weighted by Gasteiger charge is -2.06. The van der Waals surface area contributed by atoms with Gasteiger partial charge in [0.05, 0.1) is 24.6 Å². The second-order valence-corrected chi connectivity index (χ2v) is 5.21. The number of methoxy groups -OCH3 is 1. The van der Waals surface area contributed by atoms with Crippen molar-refractivity contribution < 1.29 is 18.7 Å². The lowest BCUT2D eigenvalue weighted by atomic mass is 10.2. The molecule has 1 amide bonds. The molecule has 1 N–H and O–H groups in total. The Hall–Kier alpha value is -3.79. The number of amides is 1. The van der Waals surface area contributed by atoms with E-state index in [1.807, 2.05) is 0 Å². The van der Waals surface area contributed by atoms with Crippen LogP contribution < -0.4 is 14.8 Å². The van der Waals surface area contributed by atoms with Crippen LogP contribution >= 0.6 is 0 Å². The molecule has 0 fully saturated rings. The summed E-state index contributed by atoms with van der Waals surface area (Å²) in [5, 5.41) is 11.7. The summed E-state index contributed by atoms with van der Waals surface area (Å²) in [6.45, 7) is 0.107. The van der Waals surface area contributed by atoms with E-state index in [9.17, 15) is 4.79 Å². The van der Waals surface area contributed by atoms with Gasteiger partial charge >= 0.3 is 0 Å². The van der Waals surface area contributed by atoms with Crippen LogP contribution in [0.4, 0.5) is 5.69 Å². The van der Waals surface area contributed by atoms with Gasteiger partial charge in [0.2, 0.25) is 5.88 Å². The number of para-hydroxylation sites is 1. The van der Waals surface area contributed by atoms with E-state index in [4.69, 9.17) is 19.2 Å². The first-order valence-electron chi connectivity index (χ1n) is 7.71. The largest absolute Gasteiger partial charge is 0.484 e. The third-order valence-corrected chi connectivity index (χ3v) is 3.47. The Kier molecular flexibility index (Phi) is 5.15. The molecule has 0 radical (unpaired) electrons. The molecule has 3 rings (SSSR count). The molecular formula is C19H15N3O4. The van der Waals surface area contributed by atoms with Gasteiger partial charge in [-0.25, -0.2) is 4.98 Å². The van der Waals surface area contributed by atoms with Crippen molar-refractivity contribution in [1.29, 1.82) is 5.26 Å². The highest BCUT2D eigenvalue weighted by molar-refractivity contribution is 6.02. The molecule has 7 heteroatoms. The second kappa shape index (κ2) is 7.85. The average Bonchev–Trinajstić information content (AvgIpc) is 3.16. The average molecular weight is 349 g/mol. The highest BCUT2D eigenvalue weighted by Gasteiger charge is 2.13. The third kappa shape index (κ3) is 3.99. The Labute approximate surface area is 149 Å². The number of nitrogens with one attached hydrogen (secondary N) is 1. The second-order valence-electron chi connectivity index (χ2n) is 5.21. The summed E-state index contributed by atoms with van der Waals surface area (Å²) >= 11 is 0. The Morgan fingerprint density at radius 2 is 2.08 bits per heavy atom. The molecule has 130 valence electrons. The molecule has 1 aromatic carbocycles. The van der Waals surface area contributed by atoms with Crippen LogP contribution in [-0.4, -0.2) is 18.0 Å². The molecule has 0 unspecified atom stereocenters. The van der Waals surface area contributed by atoms with Crippen LogP contribution in [0.2, 0.25) is 0 Å². The monoisotopic (exact) mass is 349 g/mol. The topological polar surface area (TPSA) is 97.4 Å². The number of anilines is 1. The normalized spacial score (nSPS) is 10.0. The molecule has 0 aliphatic heterocycles. The maximum atomic E-state index is 12.2. The molecule has 0 atom stereocenters. The van der Waals surface area contributed by atoms with Crippen LogP contribution in [0.15, 0.2) is 59.1 Å². The lowest BCUT2D eigenvalue weighted by Crippen LogP contribution is -2.11. The van der Waals surface area contributed by atoms with Crippen LogP contribution in [0.5, 0.6) is 11.6 Å². The number of ether oxygens (including phenoxy) is 2. The molecule has 7 nitrogen and oxygen atoms in total. The van der Waals surface area contributed by atoms with Gasteiger partial charge < -0.3 is 19.2 Å². The van der Waals surface area contributed by atoms with E-state index >= 15 is 0 Å². The van der Waals surface area contributed by atoms with Crippen molar-refractivity contribution in [3.63, 3.8) is 0 Å². The van der Waals surface area contributed by atoms with E-state index in [0.717, 1.165) is 0 Å². The number of hydrogen-bond acceptors (Lipinski definition) is 6. The van der Waals surface area contributed by atoms with Crippen molar-refractivity contribution in [2.45, 2.75) is 6.61 Å². The number of benzene rings is 1. The van der Waals surface area contributed by atoms with Crippen LogP contribution in [0.3, 0.4) is 0 Å². The minimum Gasteiger partial charge on any atom is -0.484 e. The molecular weight excluding hydrogens is 334 g/mol. The van der Waals surface area contributed by atoms with Gasteiger partial charge in [-0.05, 0) is 30.3 Å². The van der Waals surface area contributed by atoms with Crippen LogP contribution in [0.25, 0.3) is 0 Å². The zero-order valence-electron chi connectivity index (χ0n) is 13.9.